The van der Waals surface area contributed by atoms with E-state index in [0.29, 0.717) is 23.3 Å². The van der Waals surface area contributed by atoms with Crippen molar-refractivity contribution >= 4 is 22.6 Å². The van der Waals surface area contributed by atoms with Crippen molar-refractivity contribution in [1.29, 1.82) is 5.26 Å². The van der Waals surface area contributed by atoms with E-state index in [9.17, 15) is 10.1 Å². The molecular weight excluding hydrogens is 328 g/mol. The molecule has 0 bridgehead atoms. The molecule has 0 spiro atoms. The number of carbonyl (C=O) groups is 1. The molecule has 1 amide bonds. The SMILES string of the molecule is CCOc1nc2ccccc2nc1[C@H](C#N)C(=O)Nc1cccc(C)c1. The van der Waals surface area contributed by atoms with E-state index in [-0.39, 0.29) is 11.6 Å². The lowest BCUT2D eigenvalue weighted by atomic mass is 10.1. The third kappa shape index (κ3) is 3.62. The first kappa shape index (κ1) is 17.4. The highest BCUT2D eigenvalue weighted by molar-refractivity contribution is 5.98. The molecule has 1 aromatic heterocycles. The molecule has 3 rings (SSSR count). The number of carbonyl (C=O) groups excluding carboxylic acids is 1. The van der Waals surface area contributed by atoms with E-state index < -0.39 is 11.8 Å². The number of hydrogen-bond acceptors (Lipinski definition) is 5. The fourth-order valence-corrected chi connectivity index (χ4v) is 2.61. The summed E-state index contributed by atoms with van der Waals surface area (Å²) in [6, 6.07) is 16.7. The molecule has 0 aliphatic carbocycles. The van der Waals surface area contributed by atoms with Gasteiger partial charge in [0.1, 0.15) is 5.69 Å². The Balaban J connectivity index is 1.99. The number of rotatable bonds is 5. The van der Waals surface area contributed by atoms with Gasteiger partial charge in [0.05, 0.1) is 23.7 Å². The second-order valence-corrected chi connectivity index (χ2v) is 5.76. The molecule has 2 aromatic carbocycles. The third-order valence-corrected chi connectivity index (χ3v) is 3.80. The van der Waals surface area contributed by atoms with Gasteiger partial charge in [-0.15, -0.1) is 0 Å². The van der Waals surface area contributed by atoms with Crippen molar-refractivity contribution in [3.8, 4) is 11.9 Å². The lowest BCUT2D eigenvalue weighted by molar-refractivity contribution is -0.116. The molecule has 0 saturated carbocycles. The molecule has 0 aliphatic rings. The molecule has 0 unspecified atom stereocenters. The smallest absolute Gasteiger partial charge is 0.248 e. The van der Waals surface area contributed by atoms with Crippen molar-refractivity contribution in [1.82, 2.24) is 9.97 Å². The van der Waals surface area contributed by atoms with Crippen molar-refractivity contribution < 1.29 is 9.53 Å². The Morgan fingerprint density at radius 1 is 1.19 bits per heavy atom. The van der Waals surface area contributed by atoms with Gasteiger partial charge >= 0.3 is 0 Å². The van der Waals surface area contributed by atoms with Crippen LogP contribution >= 0.6 is 0 Å². The second-order valence-electron chi connectivity index (χ2n) is 5.76. The largest absolute Gasteiger partial charge is 0.477 e. The summed E-state index contributed by atoms with van der Waals surface area (Å²) in [6.07, 6.45) is 0. The van der Waals surface area contributed by atoms with E-state index in [1.54, 1.807) is 12.1 Å². The molecular formula is C20H18N4O2. The molecule has 1 heterocycles. The van der Waals surface area contributed by atoms with Crippen LogP contribution in [0.25, 0.3) is 11.0 Å². The van der Waals surface area contributed by atoms with E-state index in [1.807, 2.05) is 56.3 Å². The van der Waals surface area contributed by atoms with Crippen molar-refractivity contribution in [3.63, 3.8) is 0 Å². The van der Waals surface area contributed by atoms with Crippen molar-refractivity contribution in [2.24, 2.45) is 0 Å². The third-order valence-electron chi connectivity index (χ3n) is 3.80. The van der Waals surface area contributed by atoms with Crippen LogP contribution in [0, 0.1) is 18.3 Å². The summed E-state index contributed by atoms with van der Waals surface area (Å²) >= 11 is 0. The van der Waals surface area contributed by atoms with E-state index in [1.165, 1.54) is 0 Å². The molecule has 26 heavy (non-hydrogen) atoms. The van der Waals surface area contributed by atoms with Gasteiger partial charge in [-0.25, -0.2) is 9.97 Å². The number of nitrogens with one attached hydrogen (secondary N) is 1. The van der Waals surface area contributed by atoms with Gasteiger partial charge in [0.15, 0.2) is 5.92 Å². The zero-order valence-electron chi connectivity index (χ0n) is 14.6. The van der Waals surface area contributed by atoms with Crippen LogP contribution < -0.4 is 10.1 Å². The topological polar surface area (TPSA) is 87.9 Å². The van der Waals surface area contributed by atoms with Gasteiger partial charge in [0, 0.05) is 5.69 Å². The monoisotopic (exact) mass is 346 g/mol. The number of benzene rings is 2. The summed E-state index contributed by atoms with van der Waals surface area (Å²) in [5.74, 6) is -1.39. The summed E-state index contributed by atoms with van der Waals surface area (Å²) < 4.78 is 5.54. The average molecular weight is 346 g/mol. The Morgan fingerprint density at radius 2 is 1.92 bits per heavy atom. The van der Waals surface area contributed by atoms with Crippen LogP contribution in [0.1, 0.15) is 24.1 Å². The number of nitrogens with zero attached hydrogens (tertiary/aromatic N) is 3. The number of anilines is 1. The Morgan fingerprint density at radius 3 is 2.58 bits per heavy atom. The lowest BCUT2D eigenvalue weighted by Gasteiger charge is -2.14. The Bertz CT molecular complexity index is 995. The zero-order chi connectivity index (χ0) is 18.5. The number of fused-ring (bicyclic) bond motifs is 1. The van der Waals surface area contributed by atoms with Crippen LogP contribution in [0.15, 0.2) is 48.5 Å². The van der Waals surface area contributed by atoms with E-state index in [2.05, 4.69) is 15.3 Å². The summed E-state index contributed by atoms with van der Waals surface area (Å²) in [5.41, 5.74) is 3.11. The normalized spacial score (nSPS) is 11.6. The molecule has 6 nitrogen and oxygen atoms in total. The van der Waals surface area contributed by atoms with Crippen LogP contribution in [0.2, 0.25) is 0 Å². The molecule has 3 aromatic rings. The molecule has 6 heteroatoms. The van der Waals surface area contributed by atoms with Gasteiger partial charge in [-0.2, -0.15) is 5.26 Å². The summed E-state index contributed by atoms with van der Waals surface area (Å²) in [7, 11) is 0. The van der Waals surface area contributed by atoms with Crippen molar-refractivity contribution in [2.75, 3.05) is 11.9 Å². The summed E-state index contributed by atoms with van der Waals surface area (Å²) in [5, 5.41) is 12.4. The number of hydrogen-bond donors (Lipinski definition) is 1. The fourth-order valence-electron chi connectivity index (χ4n) is 2.61. The van der Waals surface area contributed by atoms with Crippen LogP contribution in [-0.4, -0.2) is 22.5 Å². The maximum Gasteiger partial charge on any atom is 0.248 e. The minimum absolute atomic E-state index is 0.206. The number of aryl methyl sites for hydroxylation is 1. The molecule has 130 valence electrons. The lowest BCUT2D eigenvalue weighted by Crippen LogP contribution is -2.22. The number of para-hydroxylation sites is 2. The average Bonchev–Trinajstić information content (AvgIpc) is 2.63. The first-order valence-electron chi connectivity index (χ1n) is 8.29. The first-order chi connectivity index (χ1) is 12.6. The first-order valence-corrected chi connectivity index (χ1v) is 8.29. The van der Waals surface area contributed by atoms with E-state index in [4.69, 9.17) is 4.74 Å². The van der Waals surface area contributed by atoms with E-state index >= 15 is 0 Å². The predicted molar refractivity (Wildman–Crippen MR) is 98.9 cm³/mol. The Labute approximate surface area is 151 Å². The maximum absolute atomic E-state index is 12.7. The van der Waals surface area contributed by atoms with Gasteiger partial charge < -0.3 is 10.1 Å². The van der Waals surface area contributed by atoms with Gasteiger partial charge in [-0.1, -0.05) is 24.3 Å². The highest BCUT2D eigenvalue weighted by Gasteiger charge is 2.27. The van der Waals surface area contributed by atoms with E-state index in [0.717, 1.165) is 5.56 Å². The molecule has 0 radical (unpaired) electrons. The molecule has 1 atom stereocenters. The quantitative estimate of drug-likeness (QED) is 0.763. The minimum Gasteiger partial charge on any atom is -0.477 e. The van der Waals surface area contributed by atoms with Crippen molar-refractivity contribution in [2.45, 2.75) is 19.8 Å². The predicted octanol–water partition coefficient (Wildman–Crippen LogP) is 3.58. The summed E-state index contributed by atoms with van der Waals surface area (Å²) in [6.45, 7) is 4.10. The molecule has 1 N–H and O–H groups in total. The number of nitriles is 1. The number of ether oxygens (including phenoxy) is 1. The number of aromatic nitrogens is 2. The van der Waals surface area contributed by atoms with Crippen LogP contribution in [0.3, 0.4) is 0 Å². The Hall–Kier alpha value is -3.46. The highest BCUT2D eigenvalue weighted by Crippen LogP contribution is 2.27. The molecule has 0 saturated heterocycles. The molecule has 0 fully saturated rings. The second kappa shape index (κ2) is 7.62. The zero-order valence-corrected chi connectivity index (χ0v) is 14.6. The van der Waals surface area contributed by atoms with Gasteiger partial charge in [0.2, 0.25) is 11.8 Å². The minimum atomic E-state index is -1.13. The van der Waals surface area contributed by atoms with Crippen molar-refractivity contribution in [3.05, 3.63) is 59.8 Å². The van der Waals surface area contributed by atoms with Crippen LogP contribution in [-0.2, 0) is 4.79 Å². The molecule has 0 aliphatic heterocycles. The summed E-state index contributed by atoms with van der Waals surface area (Å²) in [4.78, 5) is 21.6. The van der Waals surface area contributed by atoms with Crippen LogP contribution in [0.5, 0.6) is 5.88 Å². The Kier molecular flexibility index (Phi) is 5.09. The number of amides is 1. The standard InChI is InChI=1S/C20H18N4O2/c1-3-26-20-18(23-16-9-4-5-10-17(16)24-20)15(12-21)19(25)22-14-8-6-7-13(2)11-14/h4-11,15H,3H2,1-2H3,(H,22,25)/t15-/m0/s1. The fraction of sp³-hybridized carbons (Fsp3) is 0.200. The highest BCUT2D eigenvalue weighted by atomic mass is 16.5. The van der Waals surface area contributed by atoms with Crippen LogP contribution in [0.4, 0.5) is 5.69 Å². The van der Waals surface area contributed by atoms with Gasteiger partial charge in [0.25, 0.3) is 0 Å². The van der Waals surface area contributed by atoms with Gasteiger partial charge in [-0.3, -0.25) is 4.79 Å². The maximum atomic E-state index is 12.7. The van der Waals surface area contributed by atoms with Gasteiger partial charge in [-0.05, 0) is 43.7 Å².